The van der Waals surface area contributed by atoms with Gasteiger partial charge in [-0.15, -0.1) is 0 Å². The summed E-state index contributed by atoms with van der Waals surface area (Å²) < 4.78 is 43.8. The quantitative estimate of drug-likeness (QED) is 0.329. The van der Waals surface area contributed by atoms with E-state index >= 15 is 0 Å². The van der Waals surface area contributed by atoms with Crippen LogP contribution in [-0.4, -0.2) is 57.0 Å². The van der Waals surface area contributed by atoms with Crippen molar-refractivity contribution in [2.45, 2.75) is 16.8 Å². The van der Waals surface area contributed by atoms with Gasteiger partial charge >= 0.3 is 0 Å². The topological polar surface area (TPSA) is 106 Å². The second kappa shape index (κ2) is 10.3. The molecule has 0 saturated carbocycles. The number of carbonyl (C=O) groups is 1. The molecule has 2 aromatic carbocycles. The molecule has 1 amide bonds. The fraction of sp³-hybridized carbons (Fsp3) is 0.231. The molecule has 4 aromatic rings. The highest BCUT2D eigenvalue weighted by atomic mass is 35.5. The average molecular weight is 542 g/mol. The normalized spacial score (nSPS) is 14.1. The lowest BCUT2D eigenvalue weighted by molar-refractivity contribution is 0.0745. The molecule has 3 heterocycles. The van der Waals surface area contributed by atoms with Crippen LogP contribution in [0.4, 0.5) is 5.88 Å². The van der Waals surface area contributed by atoms with E-state index in [2.05, 4.69) is 4.98 Å². The molecule has 0 radical (unpaired) electrons. The molecule has 37 heavy (non-hydrogen) atoms. The van der Waals surface area contributed by atoms with E-state index < -0.39 is 9.84 Å². The first-order chi connectivity index (χ1) is 17.9. The first-order valence-corrected chi connectivity index (χ1v) is 13.6. The molecule has 0 unspecified atom stereocenters. The third-order valence-corrected chi connectivity index (χ3v) is 7.88. The minimum Gasteiger partial charge on any atom is -0.494 e. The fourth-order valence-electron chi connectivity index (χ4n) is 4.06. The molecule has 5 rings (SSSR count). The molecule has 9 nitrogen and oxygen atoms in total. The minimum atomic E-state index is -4.03. The summed E-state index contributed by atoms with van der Waals surface area (Å²) >= 11 is 5.95. The van der Waals surface area contributed by atoms with E-state index in [1.165, 1.54) is 30.5 Å². The smallest absolute Gasteiger partial charge is 0.266 e. The first-order valence-electron chi connectivity index (χ1n) is 11.7. The Labute approximate surface area is 219 Å². The number of ether oxygens (including phenoxy) is 1. The van der Waals surface area contributed by atoms with Gasteiger partial charge in [-0.25, -0.2) is 8.42 Å². The maximum atomic E-state index is 13.5. The van der Waals surface area contributed by atoms with Crippen LogP contribution >= 0.6 is 11.6 Å². The van der Waals surface area contributed by atoms with E-state index in [0.717, 1.165) is 0 Å². The highest BCUT2D eigenvalue weighted by Gasteiger charge is 2.34. The van der Waals surface area contributed by atoms with Crippen LogP contribution in [0.15, 0.2) is 85.7 Å². The predicted octanol–water partition coefficient (Wildman–Crippen LogP) is 4.78. The number of anilines is 1. The van der Waals surface area contributed by atoms with E-state index in [0.29, 0.717) is 54.9 Å². The highest BCUT2D eigenvalue weighted by Crippen LogP contribution is 2.35. The Hall–Kier alpha value is -3.76. The Morgan fingerprint density at radius 3 is 2.35 bits per heavy atom. The predicted molar refractivity (Wildman–Crippen MR) is 137 cm³/mol. The number of furan rings is 1. The molecule has 2 aromatic heterocycles. The van der Waals surface area contributed by atoms with Gasteiger partial charge in [0.2, 0.25) is 20.7 Å². The van der Waals surface area contributed by atoms with Crippen LogP contribution in [0, 0.1) is 0 Å². The maximum Gasteiger partial charge on any atom is 0.266 e. The molecule has 11 heteroatoms. The number of amides is 1. The van der Waals surface area contributed by atoms with E-state index in [-0.39, 0.29) is 27.6 Å². The summed E-state index contributed by atoms with van der Waals surface area (Å²) in [5.41, 5.74) is 0.558. The van der Waals surface area contributed by atoms with Crippen LogP contribution < -0.4 is 9.64 Å². The van der Waals surface area contributed by atoms with Gasteiger partial charge < -0.3 is 23.4 Å². The summed E-state index contributed by atoms with van der Waals surface area (Å²) in [5, 5.41) is 0.205. The molecule has 0 N–H and O–H groups in total. The van der Waals surface area contributed by atoms with Crippen molar-refractivity contribution in [2.75, 3.05) is 37.7 Å². The van der Waals surface area contributed by atoms with Crippen LogP contribution in [0.1, 0.15) is 17.3 Å². The Bertz CT molecular complexity index is 1470. The number of carbonyl (C=O) groups excluding carboxylic acids is 1. The molecule has 1 fully saturated rings. The average Bonchev–Trinajstić information content (AvgIpc) is 3.60. The Morgan fingerprint density at radius 2 is 1.73 bits per heavy atom. The van der Waals surface area contributed by atoms with E-state index in [1.54, 1.807) is 46.2 Å². The molecule has 0 bridgehead atoms. The molecule has 1 aliphatic heterocycles. The van der Waals surface area contributed by atoms with Crippen LogP contribution in [0.3, 0.4) is 0 Å². The monoisotopic (exact) mass is 541 g/mol. The van der Waals surface area contributed by atoms with Gasteiger partial charge in [0.1, 0.15) is 5.75 Å². The summed E-state index contributed by atoms with van der Waals surface area (Å²) in [5.74, 6) is 1.07. The number of oxazole rings is 1. The second-order valence-corrected chi connectivity index (χ2v) is 10.6. The van der Waals surface area contributed by atoms with Crippen LogP contribution in [0.25, 0.3) is 11.7 Å². The number of halogens is 1. The van der Waals surface area contributed by atoms with Crippen molar-refractivity contribution in [3.63, 3.8) is 0 Å². The van der Waals surface area contributed by atoms with E-state index in [9.17, 15) is 13.2 Å². The fourth-order valence-corrected chi connectivity index (χ4v) is 5.51. The summed E-state index contributed by atoms with van der Waals surface area (Å²) in [6, 6.07) is 16.2. The Kier molecular flexibility index (Phi) is 6.94. The SMILES string of the molecule is CCOc1ccc(C(=O)N2CCN(c3oc(-c4ccco4)nc3S(=O)(=O)c3ccc(Cl)cc3)CC2)cc1. The zero-order chi connectivity index (χ0) is 26.0. The van der Waals surface area contributed by atoms with Gasteiger partial charge in [-0.1, -0.05) is 11.6 Å². The van der Waals surface area contributed by atoms with Gasteiger partial charge in [-0.05, 0) is 67.6 Å². The van der Waals surface area contributed by atoms with Crippen molar-refractivity contribution in [3.8, 4) is 17.4 Å². The summed E-state index contributed by atoms with van der Waals surface area (Å²) in [4.78, 5) is 20.9. The van der Waals surface area contributed by atoms with Gasteiger partial charge in [-0.2, -0.15) is 4.98 Å². The van der Waals surface area contributed by atoms with E-state index in [4.69, 9.17) is 25.2 Å². The van der Waals surface area contributed by atoms with Gasteiger partial charge in [-0.3, -0.25) is 4.79 Å². The van der Waals surface area contributed by atoms with Crippen molar-refractivity contribution in [1.29, 1.82) is 0 Å². The maximum absolute atomic E-state index is 13.5. The third kappa shape index (κ3) is 5.07. The number of hydrogen-bond donors (Lipinski definition) is 0. The lowest BCUT2D eigenvalue weighted by Crippen LogP contribution is -2.49. The van der Waals surface area contributed by atoms with Gasteiger partial charge in [0, 0.05) is 36.8 Å². The Morgan fingerprint density at radius 1 is 1.03 bits per heavy atom. The van der Waals surface area contributed by atoms with Crippen molar-refractivity contribution in [1.82, 2.24) is 9.88 Å². The molecule has 0 aliphatic carbocycles. The molecule has 0 spiro atoms. The Balaban J connectivity index is 1.39. The van der Waals surface area contributed by atoms with Crippen molar-refractivity contribution >= 4 is 33.2 Å². The number of hydrogen-bond acceptors (Lipinski definition) is 8. The lowest BCUT2D eigenvalue weighted by atomic mass is 10.1. The number of piperazine rings is 1. The molecule has 0 atom stereocenters. The van der Waals surface area contributed by atoms with Crippen LogP contribution in [0.5, 0.6) is 5.75 Å². The van der Waals surface area contributed by atoms with Crippen molar-refractivity contribution in [2.24, 2.45) is 0 Å². The van der Waals surface area contributed by atoms with Gasteiger partial charge in [0.25, 0.3) is 11.8 Å². The zero-order valence-corrected chi connectivity index (χ0v) is 21.5. The largest absolute Gasteiger partial charge is 0.494 e. The van der Waals surface area contributed by atoms with E-state index in [1.807, 2.05) is 6.92 Å². The number of sulfone groups is 1. The number of nitrogens with zero attached hydrogens (tertiary/aromatic N) is 3. The standard InChI is InChI=1S/C26H24ClN3O6S/c1-2-34-20-9-5-18(6-10-20)25(31)29-13-15-30(16-14-29)26-24(28-23(36-26)22-4-3-17-35-22)37(32,33)21-11-7-19(27)8-12-21/h3-12,17H,2,13-16H2,1H3. The molecular formula is C26H24ClN3O6S. The first kappa shape index (κ1) is 24.9. The van der Waals surface area contributed by atoms with Crippen LogP contribution in [0.2, 0.25) is 5.02 Å². The molecule has 1 aliphatic rings. The summed E-state index contributed by atoms with van der Waals surface area (Å²) in [6.07, 6.45) is 1.46. The van der Waals surface area contributed by atoms with Crippen molar-refractivity contribution in [3.05, 3.63) is 77.5 Å². The van der Waals surface area contributed by atoms with Crippen LogP contribution in [-0.2, 0) is 9.84 Å². The molecular weight excluding hydrogens is 518 g/mol. The third-order valence-electron chi connectivity index (χ3n) is 5.96. The second-order valence-electron chi connectivity index (χ2n) is 8.30. The number of rotatable bonds is 7. The number of aromatic nitrogens is 1. The van der Waals surface area contributed by atoms with Gasteiger partial charge in [0.15, 0.2) is 5.76 Å². The highest BCUT2D eigenvalue weighted by molar-refractivity contribution is 7.91. The number of benzene rings is 2. The molecule has 1 saturated heterocycles. The minimum absolute atomic E-state index is 0.0433. The van der Waals surface area contributed by atoms with Gasteiger partial charge in [0.05, 0.1) is 17.8 Å². The van der Waals surface area contributed by atoms with Crippen molar-refractivity contribution < 1.29 is 26.8 Å². The molecule has 192 valence electrons. The summed E-state index contributed by atoms with van der Waals surface area (Å²) in [6.45, 7) is 3.93. The summed E-state index contributed by atoms with van der Waals surface area (Å²) in [7, 11) is -4.03. The lowest BCUT2D eigenvalue weighted by Gasteiger charge is -2.34. The zero-order valence-electron chi connectivity index (χ0n) is 20.0.